The monoisotopic (exact) mass is 628 g/mol. The number of pyridine rings is 1. The molecule has 0 spiro atoms. The summed E-state index contributed by atoms with van der Waals surface area (Å²) in [6.45, 7) is 3.03. The molecule has 9 nitrogen and oxygen atoms in total. The Morgan fingerprint density at radius 2 is 1.91 bits per heavy atom. The Morgan fingerprint density at radius 1 is 1.11 bits per heavy atom. The molecule has 1 aliphatic heterocycles. The van der Waals surface area contributed by atoms with Crippen molar-refractivity contribution in [3.05, 3.63) is 76.6 Å². The first-order chi connectivity index (χ1) is 22.1. The Kier molecular flexibility index (Phi) is 7.69. The van der Waals surface area contributed by atoms with Crippen molar-refractivity contribution in [2.24, 2.45) is 18.9 Å². The Labute approximate surface area is 265 Å². The zero-order valence-electron chi connectivity index (χ0n) is 25.6. The molecule has 2 aliphatic carbocycles. The number of halogens is 3. The molecular formula is C34H35F3N8O. The van der Waals surface area contributed by atoms with Gasteiger partial charge in [-0.15, -0.1) is 10.2 Å². The fraction of sp³-hybridized carbons (Fsp3) is 0.412. The summed E-state index contributed by atoms with van der Waals surface area (Å²) < 4.78 is 45.1. The molecule has 2 saturated carbocycles. The van der Waals surface area contributed by atoms with Crippen molar-refractivity contribution in [1.29, 1.82) is 5.26 Å². The second-order valence-corrected chi connectivity index (χ2v) is 12.8. The summed E-state index contributed by atoms with van der Waals surface area (Å²) in [4.78, 5) is 6.31. The molecule has 3 atom stereocenters. The normalized spacial score (nSPS) is 20.7. The van der Waals surface area contributed by atoms with Crippen LogP contribution in [0.5, 0.6) is 0 Å². The molecule has 0 bridgehead atoms. The lowest BCUT2D eigenvalue weighted by molar-refractivity contribution is -0.138. The van der Waals surface area contributed by atoms with Gasteiger partial charge in [0.25, 0.3) is 0 Å². The average Bonchev–Trinajstić information content (AvgIpc) is 3.36. The lowest BCUT2D eigenvalue weighted by atomic mass is 9.85. The van der Waals surface area contributed by atoms with Gasteiger partial charge in [-0.2, -0.15) is 18.4 Å². The Bertz CT molecular complexity index is 1830. The zero-order valence-corrected chi connectivity index (χ0v) is 25.6. The van der Waals surface area contributed by atoms with Gasteiger partial charge in [-0.1, -0.05) is 13.3 Å². The van der Waals surface area contributed by atoms with E-state index in [-0.39, 0.29) is 23.7 Å². The SMILES string of the molecule is C[C@H]1C[C@@H]1Nc1cc(-c2cc(C#N)ccc2-c2nncn2C)cc(N2Cc3c(cc(CNCC4CCC4)cc3C(F)(F)F)C2O)n1. The highest BCUT2D eigenvalue weighted by atomic mass is 19.4. The number of hydrogen-bond acceptors (Lipinski definition) is 8. The van der Waals surface area contributed by atoms with Crippen LogP contribution < -0.4 is 15.5 Å². The molecule has 1 unspecified atom stereocenters. The second-order valence-electron chi connectivity index (χ2n) is 12.8. The second kappa shape index (κ2) is 11.7. The van der Waals surface area contributed by atoms with Crippen molar-refractivity contribution < 1.29 is 18.3 Å². The molecule has 3 N–H and O–H groups in total. The molecule has 4 aromatic rings. The topological polar surface area (TPSA) is 115 Å². The number of nitrogens with zero attached hydrogens (tertiary/aromatic N) is 6. The summed E-state index contributed by atoms with van der Waals surface area (Å²) in [5.74, 6) is 2.47. The van der Waals surface area contributed by atoms with E-state index in [0.29, 0.717) is 58.1 Å². The average molecular weight is 629 g/mol. The van der Waals surface area contributed by atoms with E-state index in [1.54, 1.807) is 35.2 Å². The van der Waals surface area contributed by atoms with Crippen LogP contribution in [0.4, 0.5) is 24.8 Å². The van der Waals surface area contributed by atoms with Crippen LogP contribution in [0, 0.1) is 23.2 Å². The number of aliphatic hydroxyl groups is 1. The van der Waals surface area contributed by atoms with E-state index in [2.05, 4.69) is 33.8 Å². The molecule has 3 heterocycles. The first kappa shape index (κ1) is 30.2. The fourth-order valence-electron chi connectivity index (χ4n) is 6.45. The minimum absolute atomic E-state index is 0.0477. The van der Waals surface area contributed by atoms with E-state index in [4.69, 9.17) is 4.98 Å². The van der Waals surface area contributed by atoms with Crippen LogP contribution in [0.25, 0.3) is 22.5 Å². The number of benzene rings is 2. The van der Waals surface area contributed by atoms with Gasteiger partial charge in [0.05, 0.1) is 17.2 Å². The van der Waals surface area contributed by atoms with Gasteiger partial charge in [0.2, 0.25) is 0 Å². The first-order valence-electron chi connectivity index (χ1n) is 15.6. The number of nitriles is 1. The number of fused-ring (bicyclic) bond motifs is 1. The van der Waals surface area contributed by atoms with Gasteiger partial charge < -0.3 is 25.2 Å². The summed E-state index contributed by atoms with van der Waals surface area (Å²) >= 11 is 0. The molecule has 0 saturated heterocycles. The highest BCUT2D eigenvalue weighted by Crippen LogP contribution is 2.45. The number of rotatable bonds is 9. The number of aliphatic hydroxyl groups excluding tert-OH is 1. The van der Waals surface area contributed by atoms with Crippen LogP contribution in [-0.4, -0.2) is 37.4 Å². The summed E-state index contributed by atoms with van der Waals surface area (Å²) in [5.41, 5.74) is 2.56. The van der Waals surface area contributed by atoms with Crippen LogP contribution in [0.3, 0.4) is 0 Å². The molecule has 7 rings (SSSR count). The third kappa shape index (κ3) is 5.81. The van der Waals surface area contributed by atoms with Crippen LogP contribution in [-0.2, 0) is 26.3 Å². The summed E-state index contributed by atoms with van der Waals surface area (Å²) in [5, 5.41) is 36.4. The van der Waals surface area contributed by atoms with E-state index >= 15 is 0 Å². The number of aryl methyl sites for hydroxylation is 1. The predicted molar refractivity (Wildman–Crippen MR) is 167 cm³/mol. The highest BCUT2D eigenvalue weighted by Gasteiger charge is 2.41. The number of aromatic nitrogens is 4. The molecule has 0 amide bonds. The Morgan fingerprint density at radius 3 is 2.57 bits per heavy atom. The standard InChI is InChI=1S/C34H35F3N8O/c1-19-8-29(19)41-30-12-23(25-9-21(14-38)6-7-24(25)32-43-40-18-44(32)2)13-31(42-30)45-17-27-26(33(45)46)10-22(11-28(27)34(35,36)37)16-39-15-20-4-3-5-20/h6-7,9-13,18-20,29,33,39,46H,3-5,8,15-17H2,1-2H3,(H,41,42)/t19-,29-,33?/m0/s1. The maximum absolute atomic E-state index is 14.4. The summed E-state index contributed by atoms with van der Waals surface area (Å²) in [6, 6.07) is 14.2. The van der Waals surface area contributed by atoms with Gasteiger partial charge in [-0.3, -0.25) is 0 Å². The van der Waals surface area contributed by atoms with Gasteiger partial charge in [0, 0.05) is 37.3 Å². The van der Waals surface area contributed by atoms with E-state index < -0.39 is 18.0 Å². The number of anilines is 2. The maximum Gasteiger partial charge on any atom is 0.416 e. The van der Waals surface area contributed by atoms with Crippen molar-refractivity contribution in [3.63, 3.8) is 0 Å². The number of hydrogen-bond donors (Lipinski definition) is 3. The van der Waals surface area contributed by atoms with Gasteiger partial charge in [0.1, 0.15) is 18.0 Å². The summed E-state index contributed by atoms with van der Waals surface area (Å²) in [6.07, 6.45) is 0.120. The van der Waals surface area contributed by atoms with Gasteiger partial charge in [0.15, 0.2) is 12.1 Å². The van der Waals surface area contributed by atoms with Crippen molar-refractivity contribution in [3.8, 4) is 28.6 Å². The largest absolute Gasteiger partial charge is 0.416 e. The van der Waals surface area contributed by atoms with Crippen LogP contribution in [0.15, 0.2) is 48.8 Å². The van der Waals surface area contributed by atoms with E-state index in [0.717, 1.165) is 31.4 Å². The Balaban J connectivity index is 1.29. The molecule has 2 fully saturated rings. The predicted octanol–water partition coefficient (Wildman–Crippen LogP) is 6.16. The number of nitrogens with one attached hydrogen (secondary N) is 2. The number of alkyl halides is 3. The molecule has 46 heavy (non-hydrogen) atoms. The summed E-state index contributed by atoms with van der Waals surface area (Å²) in [7, 11) is 1.82. The molecule has 238 valence electrons. The van der Waals surface area contributed by atoms with Gasteiger partial charge in [-0.05, 0) is 102 Å². The molecular weight excluding hydrogens is 593 g/mol. The fourth-order valence-corrected chi connectivity index (χ4v) is 6.45. The molecule has 12 heteroatoms. The van der Waals surface area contributed by atoms with Crippen molar-refractivity contribution in [2.45, 2.75) is 64.1 Å². The van der Waals surface area contributed by atoms with Gasteiger partial charge >= 0.3 is 6.18 Å². The van der Waals surface area contributed by atoms with Crippen LogP contribution in [0.2, 0.25) is 0 Å². The van der Waals surface area contributed by atoms with E-state index in [1.165, 1.54) is 17.4 Å². The molecule has 2 aromatic carbocycles. The van der Waals surface area contributed by atoms with Crippen LogP contribution >= 0.6 is 0 Å². The van der Waals surface area contributed by atoms with Crippen molar-refractivity contribution in [1.82, 2.24) is 25.1 Å². The molecule has 2 aromatic heterocycles. The smallest absolute Gasteiger partial charge is 0.369 e. The van der Waals surface area contributed by atoms with Crippen molar-refractivity contribution in [2.75, 3.05) is 16.8 Å². The highest BCUT2D eigenvalue weighted by molar-refractivity contribution is 5.84. The maximum atomic E-state index is 14.4. The van der Waals surface area contributed by atoms with E-state index in [1.807, 2.05) is 19.2 Å². The minimum Gasteiger partial charge on any atom is -0.369 e. The Hall–Kier alpha value is -4.47. The van der Waals surface area contributed by atoms with Gasteiger partial charge in [-0.25, -0.2) is 4.98 Å². The third-order valence-electron chi connectivity index (χ3n) is 9.50. The lowest BCUT2D eigenvalue weighted by Gasteiger charge is -2.25. The lowest BCUT2D eigenvalue weighted by Crippen LogP contribution is -2.27. The van der Waals surface area contributed by atoms with Crippen LogP contribution in [0.1, 0.15) is 66.7 Å². The zero-order chi connectivity index (χ0) is 32.2. The van der Waals surface area contributed by atoms with E-state index in [9.17, 15) is 23.5 Å². The molecule has 3 aliphatic rings. The third-order valence-corrected chi connectivity index (χ3v) is 9.50. The minimum atomic E-state index is -4.59. The quantitative estimate of drug-likeness (QED) is 0.202. The van der Waals surface area contributed by atoms with Crippen molar-refractivity contribution >= 4 is 11.6 Å². The molecule has 0 radical (unpaired) electrons. The first-order valence-corrected chi connectivity index (χ1v) is 15.6.